The van der Waals surface area contributed by atoms with Crippen molar-refractivity contribution in [2.24, 2.45) is 18.0 Å². The normalized spacial score (nSPS) is 26.4. The molecule has 1 aromatic rings. The number of likely N-dealkylation sites (tertiary alicyclic amines) is 1. The molecule has 0 radical (unpaired) electrons. The molecule has 4 rings (SSSR count). The average molecular weight is 406 g/mol. The summed E-state index contributed by atoms with van der Waals surface area (Å²) in [6.07, 6.45) is 3.79. The number of ether oxygens (including phenoxy) is 2. The highest BCUT2D eigenvalue weighted by Crippen LogP contribution is 2.19. The van der Waals surface area contributed by atoms with Crippen LogP contribution in [0.2, 0.25) is 0 Å². The molecule has 29 heavy (non-hydrogen) atoms. The highest BCUT2D eigenvalue weighted by molar-refractivity contribution is 5.80. The van der Waals surface area contributed by atoms with Crippen LogP contribution < -0.4 is 5.32 Å². The third-order valence-electron chi connectivity index (χ3n) is 6.27. The summed E-state index contributed by atoms with van der Waals surface area (Å²) in [4.78, 5) is 9.86. The molecule has 4 heterocycles. The molecule has 9 nitrogen and oxygen atoms in total. The molecule has 162 valence electrons. The molecule has 3 saturated heterocycles. The molecular weight excluding hydrogens is 370 g/mol. The number of hydrogen-bond acceptors (Lipinski definition) is 6. The van der Waals surface area contributed by atoms with Crippen LogP contribution in [0.3, 0.4) is 0 Å². The maximum atomic E-state index is 5.79. The van der Waals surface area contributed by atoms with E-state index in [1.54, 1.807) is 0 Å². The molecule has 3 aliphatic rings. The van der Waals surface area contributed by atoms with E-state index in [0.717, 1.165) is 89.5 Å². The summed E-state index contributed by atoms with van der Waals surface area (Å²) in [5.74, 6) is 3.46. The van der Waals surface area contributed by atoms with Gasteiger partial charge in [0.05, 0.1) is 19.3 Å². The summed E-state index contributed by atoms with van der Waals surface area (Å²) in [5.41, 5.74) is 0. The van der Waals surface area contributed by atoms with E-state index in [1.165, 1.54) is 6.42 Å². The molecule has 0 aromatic carbocycles. The summed E-state index contributed by atoms with van der Waals surface area (Å²) in [6.45, 7) is 11.3. The van der Waals surface area contributed by atoms with Gasteiger partial charge in [-0.1, -0.05) is 0 Å². The SMILES string of the molecule is Cc1nnc(CN=C(NCC2CCCO2)N2CCC(CN3CCOCC3)C2)n1C. The van der Waals surface area contributed by atoms with Gasteiger partial charge in [-0.2, -0.15) is 0 Å². The lowest BCUT2D eigenvalue weighted by molar-refractivity contribution is 0.0315. The lowest BCUT2D eigenvalue weighted by Gasteiger charge is -2.29. The highest BCUT2D eigenvalue weighted by Gasteiger charge is 2.28. The van der Waals surface area contributed by atoms with Crippen LogP contribution in [-0.2, 0) is 23.1 Å². The topological polar surface area (TPSA) is 80.0 Å². The van der Waals surface area contributed by atoms with Gasteiger partial charge in [0.2, 0.25) is 0 Å². The van der Waals surface area contributed by atoms with Crippen LogP contribution in [0.25, 0.3) is 0 Å². The maximum Gasteiger partial charge on any atom is 0.194 e. The van der Waals surface area contributed by atoms with Crippen molar-refractivity contribution in [3.8, 4) is 0 Å². The van der Waals surface area contributed by atoms with Crippen molar-refractivity contribution in [3.05, 3.63) is 11.6 Å². The predicted molar refractivity (Wildman–Crippen MR) is 111 cm³/mol. The van der Waals surface area contributed by atoms with Gasteiger partial charge in [-0.3, -0.25) is 4.90 Å². The number of aryl methyl sites for hydroxylation is 1. The summed E-state index contributed by atoms with van der Waals surface area (Å²) in [6, 6.07) is 0. The quantitative estimate of drug-likeness (QED) is 0.542. The molecule has 2 atom stereocenters. The lowest BCUT2D eigenvalue weighted by atomic mass is 10.1. The molecule has 3 aliphatic heterocycles. The number of hydrogen-bond donors (Lipinski definition) is 1. The Labute approximate surface area is 173 Å². The second-order valence-electron chi connectivity index (χ2n) is 8.39. The van der Waals surface area contributed by atoms with Gasteiger partial charge in [0.1, 0.15) is 12.4 Å². The zero-order valence-corrected chi connectivity index (χ0v) is 17.8. The van der Waals surface area contributed by atoms with Crippen LogP contribution in [0.4, 0.5) is 0 Å². The Morgan fingerprint density at radius 1 is 1.17 bits per heavy atom. The van der Waals surface area contributed by atoms with Crippen LogP contribution in [-0.4, -0.2) is 95.7 Å². The Morgan fingerprint density at radius 3 is 2.76 bits per heavy atom. The van der Waals surface area contributed by atoms with Crippen molar-refractivity contribution >= 4 is 5.96 Å². The fraction of sp³-hybridized carbons (Fsp3) is 0.850. The van der Waals surface area contributed by atoms with Crippen molar-refractivity contribution in [2.75, 3.05) is 59.1 Å². The number of guanidine groups is 1. The standard InChI is InChI=1S/C20H35N7O2/c1-16-23-24-19(25(16)2)13-22-20(21-12-18-4-3-9-29-18)27-6-5-17(15-27)14-26-7-10-28-11-8-26/h17-18H,3-15H2,1-2H3,(H,21,22). The van der Waals surface area contributed by atoms with Crippen LogP contribution in [0.15, 0.2) is 4.99 Å². The number of nitrogens with one attached hydrogen (secondary N) is 1. The number of rotatable bonds is 6. The Bertz CT molecular complexity index is 680. The summed E-state index contributed by atoms with van der Waals surface area (Å²) >= 11 is 0. The monoisotopic (exact) mass is 405 g/mol. The first kappa shape index (κ1) is 20.6. The second-order valence-corrected chi connectivity index (χ2v) is 8.39. The van der Waals surface area contributed by atoms with Crippen LogP contribution in [0.5, 0.6) is 0 Å². The van der Waals surface area contributed by atoms with E-state index in [9.17, 15) is 0 Å². The van der Waals surface area contributed by atoms with Crippen molar-refractivity contribution < 1.29 is 9.47 Å². The molecule has 0 saturated carbocycles. The Balaban J connectivity index is 1.37. The largest absolute Gasteiger partial charge is 0.379 e. The number of morpholine rings is 1. The number of aliphatic imine (C=N–C) groups is 1. The van der Waals surface area contributed by atoms with E-state index in [1.807, 2.05) is 18.5 Å². The van der Waals surface area contributed by atoms with Crippen LogP contribution >= 0.6 is 0 Å². The second kappa shape index (κ2) is 9.86. The summed E-state index contributed by atoms with van der Waals surface area (Å²) in [7, 11) is 1.99. The Morgan fingerprint density at radius 2 is 2.03 bits per heavy atom. The first-order valence-electron chi connectivity index (χ1n) is 11.0. The first-order chi connectivity index (χ1) is 14.2. The van der Waals surface area contributed by atoms with E-state index in [4.69, 9.17) is 14.5 Å². The van der Waals surface area contributed by atoms with E-state index in [2.05, 4.69) is 25.3 Å². The maximum absolute atomic E-state index is 5.79. The van der Waals surface area contributed by atoms with Gasteiger partial charge < -0.3 is 24.3 Å². The molecule has 0 aliphatic carbocycles. The third kappa shape index (κ3) is 5.46. The summed E-state index contributed by atoms with van der Waals surface area (Å²) in [5, 5.41) is 12.0. The number of aromatic nitrogens is 3. The fourth-order valence-electron chi connectivity index (χ4n) is 4.34. The van der Waals surface area contributed by atoms with Gasteiger partial charge in [0.25, 0.3) is 0 Å². The molecular formula is C20H35N7O2. The van der Waals surface area contributed by atoms with Gasteiger partial charge in [-0.15, -0.1) is 10.2 Å². The lowest BCUT2D eigenvalue weighted by Crippen LogP contribution is -2.44. The van der Waals surface area contributed by atoms with Crippen LogP contribution in [0, 0.1) is 12.8 Å². The van der Waals surface area contributed by atoms with Gasteiger partial charge in [-0.25, -0.2) is 4.99 Å². The minimum absolute atomic E-state index is 0.295. The molecule has 0 amide bonds. The zero-order valence-electron chi connectivity index (χ0n) is 17.8. The van der Waals surface area contributed by atoms with E-state index in [-0.39, 0.29) is 0 Å². The molecule has 3 fully saturated rings. The van der Waals surface area contributed by atoms with Crippen molar-refractivity contribution in [3.63, 3.8) is 0 Å². The average Bonchev–Trinajstić information content (AvgIpc) is 3.48. The van der Waals surface area contributed by atoms with E-state index >= 15 is 0 Å². The summed E-state index contributed by atoms with van der Waals surface area (Å²) < 4.78 is 13.3. The van der Waals surface area contributed by atoms with E-state index < -0.39 is 0 Å². The smallest absolute Gasteiger partial charge is 0.194 e. The minimum Gasteiger partial charge on any atom is -0.379 e. The van der Waals surface area contributed by atoms with Crippen LogP contribution in [0.1, 0.15) is 30.9 Å². The van der Waals surface area contributed by atoms with Gasteiger partial charge in [0.15, 0.2) is 11.8 Å². The minimum atomic E-state index is 0.295. The van der Waals surface area contributed by atoms with Gasteiger partial charge >= 0.3 is 0 Å². The van der Waals surface area contributed by atoms with E-state index in [0.29, 0.717) is 18.6 Å². The first-order valence-corrected chi connectivity index (χ1v) is 11.0. The van der Waals surface area contributed by atoms with Gasteiger partial charge in [-0.05, 0) is 32.1 Å². The van der Waals surface area contributed by atoms with Crippen molar-refractivity contribution in [1.82, 2.24) is 29.9 Å². The molecule has 1 aromatic heterocycles. The Hall–Kier alpha value is -1.71. The predicted octanol–water partition coefficient (Wildman–Crippen LogP) is 0.402. The zero-order chi connectivity index (χ0) is 20.1. The Kier molecular flexibility index (Phi) is 6.99. The number of nitrogens with zero attached hydrogens (tertiary/aromatic N) is 6. The van der Waals surface area contributed by atoms with Crippen molar-refractivity contribution in [1.29, 1.82) is 0 Å². The fourth-order valence-corrected chi connectivity index (χ4v) is 4.34. The molecule has 0 spiro atoms. The molecule has 1 N–H and O–H groups in total. The van der Waals surface area contributed by atoms with Gasteiger partial charge in [0, 0.05) is 52.9 Å². The molecule has 0 bridgehead atoms. The third-order valence-corrected chi connectivity index (χ3v) is 6.27. The van der Waals surface area contributed by atoms with Crippen molar-refractivity contribution in [2.45, 2.75) is 38.8 Å². The highest BCUT2D eigenvalue weighted by atomic mass is 16.5. The molecule has 2 unspecified atom stereocenters. The molecule has 9 heteroatoms.